The summed E-state index contributed by atoms with van der Waals surface area (Å²) in [6.45, 7) is 0.0723. The SMILES string of the molecule is Nc1cnc(Oc2ccc(CCO)cc2)c(C(=O)O)c1. The average molecular weight is 274 g/mol. The molecule has 2 rings (SSSR count). The molecule has 0 saturated carbocycles. The van der Waals surface area contributed by atoms with Crippen LogP contribution in [0.3, 0.4) is 0 Å². The largest absolute Gasteiger partial charge is 0.477 e. The van der Waals surface area contributed by atoms with E-state index in [1.807, 2.05) is 0 Å². The van der Waals surface area contributed by atoms with Gasteiger partial charge in [0.2, 0.25) is 5.88 Å². The Balaban J connectivity index is 2.23. The van der Waals surface area contributed by atoms with Crippen LogP contribution in [0.4, 0.5) is 5.69 Å². The van der Waals surface area contributed by atoms with E-state index in [9.17, 15) is 4.79 Å². The number of carboxylic acid groups (broad SMARTS) is 1. The Labute approximate surface area is 115 Å². The minimum Gasteiger partial charge on any atom is -0.477 e. The molecule has 1 aromatic heterocycles. The lowest BCUT2D eigenvalue weighted by Crippen LogP contribution is -2.03. The molecule has 0 radical (unpaired) electrons. The maximum absolute atomic E-state index is 11.1. The number of aromatic nitrogens is 1. The van der Waals surface area contributed by atoms with Crippen molar-refractivity contribution in [3.05, 3.63) is 47.7 Å². The number of carboxylic acids is 1. The molecular weight excluding hydrogens is 260 g/mol. The number of ether oxygens (including phenoxy) is 1. The van der Waals surface area contributed by atoms with Crippen molar-refractivity contribution in [2.24, 2.45) is 0 Å². The van der Waals surface area contributed by atoms with E-state index in [4.69, 9.17) is 20.7 Å². The Morgan fingerprint density at radius 3 is 2.60 bits per heavy atom. The summed E-state index contributed by atoms with van der Waals surface area (Å²) < 4.78 is 5.45. The van der Waals surface area contributed by atoms with Crippen LogP contribution in [-0.4, -0.2) is 27.8 Å². The smallest absolute Gasteiger partial charge is 0.341 e. The van der Waals surface area contributed by atoms with Crippen molar-refractivity contribution in [3.63, 3.8) is 0 Å². The summed E-state index contributed by atoms with van der Waals surface area (Å²) in [6, 6.07) is 8.26. The molecule has 0 bridgehead atoms. The van der Waals surface area contributed by atoms with Gasteiger partial charge in [-0.1, -0.05) is 12.1 Å². The molecule has 0 saturated heterocycles. The van der Waals surface area contributed by atoms with Crippen LogP contribution in [0.15, 0.2) is 36.5 Å². The molecule has 0 atom stereocenters. The summed E-state index contributed by atoms with van der Waals surface area (Å²) in [5, 5.41) is 17.9. The van der Waals surface area contributed by atoms with E-state index < -0.39 is 5.97 Å². The Morgan fingerprint density at radius 1 is 1.30 bits per heavy atom. The first kappa shape index (κ1) is 13.8. The van der Waals surface area contributed by atoms with Crippen LogP contribution < -0.4 is 10.5 Å². The number of benzene rings is 1. The summed E-state index contributed by atoms with van der Waals surface area (Å²) in [6.07, 6.45) is 1.89. The van der Waals surface area contributed by atoms with E-state index >= 15 is 0 Å². The second-order valence-corrected chi connectivity index (χ2v) is 4.15. The monoisotopic (exact) mass is 274 g/mol. The van der Waals surface area contributed by atoms with Crippen molar-refractivity contribution < 1.29 is 19.7 Å². The molecule has 0 aliphatic heterocycles. The number of carbonyl (C=O) groups is 1. The molecule has 0 aliphatic rings. The first-order valence-electron chi connectivity index (χ1n) is 5.96. The third-order valence-electron chi connectivity index (χ3n) is 2.64. The summed E-state index contributed by atoms with van der Waals surface area (Å²) in [5.74, 6) is -0.704. The van der Waals surface area contributed by atoms with Crippen LogP contribution in [0.1, 0.15) is 15.9 Å². The Bertz CT molecular complexity index is 611. The molecule has 2 aromatic rings. The van der Waals surface area contributed by atoms with Gasteiger partial charge in [0.15, 0.2) is 0 Å². The van der Waals surface area contributed by atoms with Crippen LogP contribution in [0, 0.1) is 0 Å². The van der Waals surface area contributed by atoms with Crippen molar-refractivity contribution in [2.75, 3.05) is 12.3 Å². The fourth-order valence-corrected chi connectivity index (χ4v) is 1.67. The van der Waals surface area contributed by atoms with Gasteiger partial charge in [-0.05, 0) is 30.2 Å². The average Bonchev–Trinajstić information content (AvgIpc) is 2.43. The van der Waals surface area contributed by atoms with Crippen LogP contribution in [0.5, 0.6) is 11.6 Å². The summed E-state index contributed by atoms with van der Waals surface area (Å²) in [5.41, 5.74) is 6.63. The fourth-order valence-electron chi connectivity index (χ4n) is 1.67. The number of hydrogen-bond donors (Lipinski definition) is 3. The van der Waals surface area contributed by atoms with E-state index in [1.165, 1.54) is 12.3 Å². The van der Waals surface area contributed by atoms with Gasteiger partial charge in [-0.2, -0.15) is 0 Å². The van der Waals surface area contributed by atoms with Crippen LogP contribution >= 0.6 is 0 Å². The number of rotatable bonds is 5. The molecule has 0 aliphatic carbocycles. The molecule has 1 aromatic carbocycles. The second kappa shape index (κ2) is 6.03. The van der Waals surface area contributed by atoms with Crippen molar-refractivity contribution in [1.29, 1.82) is 0 Å². The van der Waals surface area contributed by atoms with Crippen LogP contribution in [0.2, 0.25) is 0 Å². The number of nitrogens with zero attached hydrogens (tertiary/aromatic N) is 1. The summed E-state index contributed by atoms with van der Waals surface area (Å²) >= 11 is 0. The fraction of sp³-hybridized carbons (Fsp3) is 0.143. The van der Waals surface area contributed by atoms with E-state index in [1.54, 1.807) is 24.3 Å². The lowest BCUT2D eigenvalue weighted by molar-refractivity contribution is 0.0693. The molecule has 0 fully saturated rings. The topological polar surface area (TPSA) is 106 Å². The third kappa shape index (κ3) is 3.24. The molecule has 6 heteroatoms. The molecule has 20 heavy (non-hydrogen) atoms. The maximum Gasteiger partial charge on any atom is 0.341 e. The molecule has 1 heterocycles. The van der Waals surface area contributed by atoms with Crippen LogP contribution in [-0.2, 0) is 6.42 Å². The quantitative estimate of drug-likeness (QED) is 0.766. The lowest BCUT2D eigenvalue weighted by Gasteiger charge is -2.08. The van der Waals surface area contributed by atoms with Gasteiger partial charge in [0, 0.05) is 6.61 Å². The van der Waals surface area contributed by atoms with Crippen molar-refractivity contribution in [2.45, 2.75) is 6.42 Å². The van der Waals surface area contributed by atoms with Crippen LogP contribution in [0.25, 0.3) is 0 Å². The number of nitrogen functional groups attached to an aromatic ring is 1. The predicted octanol–water partition coefficient (Wildman–Crippen LogP) is 1.69. The van der Waals surface area contributed by atoms with Gasteiger partial charge in [-0.25, -0.2) is 9.78 Å². The van der Waals surface area contributed by atoms with Gasteiger partial charge in [-0.15, -0.1) is 0 Å². The number of nitrogens with two attached hydrogens (primary N) is 1. The number of pyridine rings is 1. The molecule has 104 valence electrons. The number of aromatic carboxylic acids is 1. The highest BCUT2D eigenvalue weighted by molar-refractivity contribution is 5.91. The third-order valence-corrected chi connectivity index (χ3v) is 2.64. The van der Waals surface area contributed by atoms with Gasteiger partial charge in [-0.3, -0.25) is 0 Å². The van der Waals surface area contributed by atoms with Gasteiger partial charge in [0.25, 0.3) is 0 Å². The Hall–Kier alpha value is -2.60. The van der Waals surface area contributed by atoms with Gasteiger partial charge >= 0.3 is 5.97 Å². The molecule has 0 unspecified atom stereocenters. The highest BCUT2D eigenvalue weighted by Crippen LogP contribution is 2.24. The normalized spacial score (nSPS) is 10.2. The number of aliphatic hydroxyl groups excluding tert-OH is 1. The Kier molecular flexibility index (Phi) is 4.17. The second-order valence-electron chi connectivity index (χ2n) is 4.15. The predicted molar refractivity (Wildman–Crippen MR) is 72.9 cm³/mol. The number of aliphatic hydroxyl groups is 1. The van der Waals surface area contributed by atoms with Crippen molar-refractivity contribution >= 4 is 11.7 Å². The van der Waals surface area contributed by atoms with E-state index in [2.05, 4.69) is 4.98 Å². The van der Waals surface area contributed by atoms with Gasteiger partial charge in [0.1, 0.15) is 11.3 Å². The summed E-state index contributed by atoms with van der Waals surface area (Å²) in [4.78, 5) is 15.0. The minimum absolute atomic E-state index is 0.0124. The molecule has 4 N–H and O–H groups in total. The number of anilines is 1. The molecule has 6 nitrogen and oxygen atoms in total. The molecular formula is C14H14N2O4. The van der Waals surface area contributed by atoms with Crippen molar-refractivity contribution in [1.82, 2.24) is 4.98 Å². The van der Waals surface area contributed by atoms with Gasteiger partial charge < -0.3 is 20.7 Å². The molecule has 0 spiro atoms. The Morgan fingerprint density at radius 2 is 2.00 bits per heavy atom. The summed E-state index contributed by atoms with van der Waals surface area (Å²) in [7, 11) is 0. The maximum atomic E-state index is 11.1. The molecule has 0 amide bonds. The minimum atomic E-state index is -1.16. The van der Waals surface area contributed by atoms with E-state index in [-0.39, 0.29) is 23.7 Å². The number of hydrogen-bond acceptors (Lipinski definition) is 5. The highest BCUT2D eigenvalue weighted by Gasteiger charge is 2.14. The first-order chi connectivity index (χ1) is 9.60. The standard InChI is InChI=1S/C14H14N2O4/c15-10-7-12(14(18)19)13(16-8-10)20-11-3-1-9(2-4-11)5-6-17/h1-4,7-8,17H,5-6,15H2,(H,18,19). The first-order valence-corrected chi connectivity index (χ1v) is 5.96. The zero-order chi connectivity index (χ0) is 14.5. The van der Waals surface area contributed by atoms with Gasteiger partial charge in [0.05, 0.1) is 11.9 Å². The highest BCUT2D eigenvalue weighted by atomic mass is 16.5. The van der Waals surface area contributed by atoms with E-state index in [0.29, 0.717) is 12.2 Å². The zero-order valence-electron chi connectivity index (χ0n) is 10.6. The zero-order valence-corrected chi connectivity index (χ0v) is 10.6. The van der Waals surface area contributed by atoms with E-state index in [0.717, 1.165) is 5.56 Å². The lowest BCUT2D eigenvalue weighted by atomic mass is 10.1. The van der Waals surface area contributed by atoms with Crippen molar-refractivity contribution in [3.8, 4) is 11.6 Å².